The van der Waals surface area contributed by atoms with E-state index >= 15 is 0 Å². The first kappa shape index (κ1) is 30.2. The van der Waals surface area contributed by atoms with E-state index in [1.165, 1.54) is 23.1 Å². The third-order valence-electron chi connectivity index (χ3n) is 6.40. The molecule has 0 bridgehead atoms. The van der Waals surface area contributed by atoms with Crippen molar-refractivity contribution in [1.82, 2.24) is 10.2 Å². The van der Waals surface area contributed by atoms with Crippen molar-refractivity contribution in [3.8, 4) is 0 Å². The molecule has 3 aromatic carbocycles. The van der Waals surface area contributed by atoms with Crippen LogP contribution in [0.4, 0.5) is 5.69 Å². The van der Waals surface area contributed by atoms with Gasteiger partial charge in [-0.25, -0.2) is 8.42 Å². The molecule has 1 atom stereocenters. The molecular weight excluding hydrogens is 534 g/mol. The summed E-state index contributed by atoms with van der Waals surface area (Å²) in [5.41, 5.74) is 2.17. The number of rotatable bonds is 13. The molecule has 0 fully saturated rings. The second-order valence-corrected chi connectivity index (χ2v) is 11.7. The number of unbranched alkanes of at least 4 members (excludes halogenated alkanes) is 1. The Morgan fingerprint density at radius 3 is 2.26 bits per heavy atom. The van der Waals surface area contributed by atoms with Crippen LogP contribution in [0, 0.1) is 6.92 Å². The molecule has 0 spiro atoms. The van der Waals surface area contributed by atoms with Crippen LogP contribution in [0.25, 0.3) is 0 Å². The van der Waals surface area contributed by atoms with E-state index in [-0.39, 0.29) is 23.0 Å². The van der Waals surface area contributed by atoms with Crippen molar-refractivity contribution >= 4 is 39.1 Å². The van der Waals surface area contributed by atoms with Crippen LogP contribution >= 0.6 is 11.6 Å². The molecule has 0 unspecified atom stereocenters. The molecule has 0 saturated carbocycles. The van der Waals surface area contributed by atoms with E-state index < -0.39 is 28.5 Å². The molecular formula is C30H36ClN3O4S. The summed E-state index contributed by atoms with van der Waals surface area (Å²) >= 11 is 6.21. The maximum atomic E-state index is 14.0. The molecule has 0 aliphatic heterocycles. The number of anilines is 1. The van der Waals surface area contributed by atoms with Crippen LogP contribution in [0.15, 0.2) is 83.8 Å². The molecule has 9 heteroatoms. The van der Waals surface area contributed by atoms with Gasteiger partial charge in [0.2, 0.25) is 11.8 Å². The standard InChI is InChI=1S/C30H36ClN3O4S/c1-4-6-19-32-30(36)28(5-2)33(21-24-17-15-23(3)16-18-24)29(35)22-34(26-12-10-11-25(31)20-26)39(37,38)27-13-8-7-9-14-27/h7-18,20,28H,4-6,19,21-22H2,1-3H3,(H,32,36)/t28-/m1/s1. The molecule has 39 heavy (non-hydrogen) atoms. The molecule has 0 heterocycles. The van der Waals surface area contributed by atoms with Gasteiger partial charge < -0.3 is 10.2 Å². The molecule has 0 saturated heterocycles. The van der Waals surface area contributed by atoms with Crippen LogP contribution < -0.4 is 9.62 Å². The minimum Gasteiger partial charge on any atom is -0.354 e. The number of hydrogen-bond donors (Lipinski definition) is 1. The molecule has 0 aromatic heterocycles. The van der Waals surface area contributed by atoms with Gasteiger partial charge in [0.1, 0.15) is 12.6 Å². The number of aryl methyl sites for hydroxylation is 1. The van der Waals surface area contributed by atoms with Gasteiger partial charge in [-0.1, -0.05) is 86.0 Å². The van der Waals surface area contributed by atoms with Crippen LogP contribution in [-0.2, 0) is 26.2 Å². The molecule has 208 valence electrons. The van der Waals surface area contributed by atoms with Gasteiger partial charge >= 0.3 is 0 Å². The maximum Gasteiger partial charge on any atom is 0.264 e. The minimum atomic E-state index is -4.12. The van der Waals surface area contributed by atoms with E-state index in [1.807, 2.05) is 45.0 Å². The van der Waals surface area contributed by atoms with Gasteiger partial charge in [-0.2, -0.15) is 0 Å². The maximum absolute atomic E-state index is 14.0. The third-order valence-corrected chi connectivity index (χ3v) is 8.42. The Balaban J connectivity index is 2.02. The average molecular weight is 570 g/mol. The topological polar surface area (TPSA) is 86.8 Å². The molecule has 1 N–H and O–H groups in total. The zero-order valence-electron chi connectivity index (χ0n) is 22.6. The molecule has 7 nitrogen and oxygen atoms in total. The van der Waals surface area contributed by atoms with Gasteiger partial charge in [0.15, 0.2) is 0 Å². The average Bonchev–Trinajstić information content (AvgIpc) is 2.93. The minimum absolute atomic E-state index is 0.0483. The Hall–Kier alpha value is -3.36. The van der Waals surface area contributed by atoms with Gasteiger partial charge in [0.05, 0.1) is 10.6 Å². The lowest BCUT2D eigenvalue weighted by Crippen LogP contribution is -2.52. The van der Waals surface area contributed by atoms with E-state index in [0.29, 0.717) is 18.0 Å². The second kappa shape index (κ2) is 14.1. The Labute approximate surface area is 236 Å². The summed E-state index contributed by atoms with van der Waals surface area (Å²) in [5.74, 6) is -0.751. The number of carbonyl (C=O) groups is 2. The van der Waals surface area contributed by atoms with Crippen molar-refractivity contribution in [2.45, 2.75) is 57.5 Å². The predicted octanol–water partition coefficient (Wildman–Crippen LogP) is 5.57. The molecule has 3 aromatic rings. The van der Waals surface area contributed by atoms with Crippen molar-refractivity contribution in [2.75, 3.05) is 17.4 Å². The van der Waals surface area contributed by atoms with Gasteiger partial charge in [-0.05, 0) is 55.7 Å². The molecule has 0 aliphatic carbocycles. The number of nitrogens with zero attached hydrogens (tertiary/aromatic N) is 2. The van der Waals surface area contributed by atoms with Crippen LogP contribution in [-0.4, -0.2) is 44.3 Å². The summed E-state index contributed by atoms with van der Waals surface area (Å²) in [6.07, 6.45) is 2.12. The fourth-order valence-electron chi connectivity index (χ4n) is 4.20. The van der Waals surface area contributed by atoms with Crippen LogP contribution in [0.3, 0.4) is 0 Å². The Bertz CT molecular complexity index is 1350. The lowest BCUT2D eigenvalue weighted by atomic mass is 10.1. The van der Waals surface area contributed by atoms with Crippen LogP contribution in [0.5, 0.6) is 0 Å². The SMILES string of the molecule is CCCCNC(=O)[C@@H](CC)N(Cc1ccc(C)cc1)C(=O)CN(c1cccc(Cl)c1)S(=O)(=O)c1ccccc1. The van der Waals surface area contributed by atoms with Crippen LogP contribution in [0.2, 0.25) is 5.02 Å². The van der Waals surface area contributed by atoms with Crippen molar-refractivity contribution in [2.24, 2.45) is 0 Å². The summed E-state index contributed by atoms with van der Waals surface area (Å²) in [5, 5.41) is 3.27. The van der Waals surface area contributed by atoms with Gasteiger partial charge in [0.25, 0.3) is 10.0 Å². The Morgan fingerprint density at radius 2 is 1.64 bits per heavy atom. The fraction of sp³-hybridized carbons (Fsp3) is 0.333. The van der Waals surface area contributed by atoms with Crippen molar-refractivity contribution in [1.29, 1.82) is 0 Å². The van der Waals surface area contributed by atoms with Crippen molar-refractivity contribution in [3.05, 3.63) is 95.0 Å². The molecule has 0 radical (unpaired) electrons. The summed E-state index contributed by atoms with van der Waals surface area (Å²) in [4.78, 5) is 28.7. The van der Waals surface area contributed by atoms with E-state index in [4.69, 9.17) is 11.6 Å². The number of benzene rings is 3. The van der Waals surface area contributed by atoms with Gasteiger partial charge in [-0.3, -0.25) is 13.9 Å². The molecule has 2 amide bonds. The third kappa shape index (κ3) is 8.07. The number of nitrogens with one attached hydrogen (secondary N) is 1. The lowest BCUT2D eigenvalue weighted by Gasteiger charge is -2.33. The smallest absolute Gasteiger partial charge is 0.264 e. The van der Waals surface area contributed by atoms with Crippen molar-refractivity contribution < 1.29 is 18.0 Å². The number of amides is 2. The number of hydrogen-bond acceptors (Lipinski definition) is 4. The lowest BCUT2D eigenvalue weighted by molar-refractivity contribution is -0.140. The Kier molecular flexibility index (Phi) is 10.9. The summed E-state index contributed by atoms with van der Waals surface area (Å²) in [6.45, 7) is 6.02. The molecule has 3 rings (SSSR count). The number of sulfonamides is 1. The molecule has 0 aliphatic rings. The van der Waals surface area contributed by atoms with E-state index in [1.54, 1.807) is 36.4 Å². The highest BCUT2D eigenvalue weighted by atomic mass is 35.5. The number of carbonyl (C=O) groups excluding carboxylic acids is 2. The summed E-state index contributed by atoms with van der Waals surface area (Å²) in [7, 11) is -4.12. The fourth-order valence-corrected chi connectivity index (χ4v) is 5.81. The monoisotopic (exact) mass is 569 g/mol. The highest BCUT2D eigenvalue weighted by Gasteiger charge is 2.33. The Morgan fingerprint density at radius 1 is 0.949 bits per heavy atom. The second-order valence-electron chi connectivity index (χ2n) is 9.38. The van der Waals surface area contributed by atoms with E-state index in [9.17, 15) is 18.0 Å². The largest absolute Gasteiger partial charge is 0.354 e. The first-order valence-electron chi connectivity index (χ1n) is 13.1. The van der Waals surface area contributed by atoms with Crippen LogP contribution in [0.1, 0.15) is 44.2 Å². The highest BCUT2D eigenvalue weighted by Crippen LogP contribution is 2.27. The quantitative estimate of drug-likeness (QED) is 0.273. The summed E-state index contributed by atoms with van der Waals surface area (Å²) in [6, 6.07) is 21.3. The highest BCUT2D eigenvalue weighted by molar-refractivity contribution is 7.92. The van der Waals surface area contributed by atoms with Crippen molar-refractivity contribution in [3.63, 3.8) is 0 Å². The summed E-state index contributed by atoms with van der Waals surface area (Å²) < 4.78 is 28.6. The zero-order valence-corrected chi connectivity index (χ0v) is 24.2. The van der Waals surface area contributed by atoms with Gasteiger partial charge in [0, 0.05) is 18.1 Å². The van der Waals surface area contributed by atoms with E-state index in [0.717, 1.165) is 28.3 Å². The first-order chi connectivity index (χ1) is 18.7. The van der Waals surface area contributed by atoms with Gasteiger partial charge in [-0.15, -0.1) is 0 Å². The number of halogens is 1. The zero-order chi connectivity index (χ0) is 28.4. The first-order valence-corrected chi connectivity index (χ1v) is 14.9. The van der Waals surface area contributed by atoms with E-state index in [2.05, 4.69) is 5.32 Å². The normalized spacial score (nSPS) is 12.0. The predicted molar refractivity (Wildman–Crippen MR) is 156 cm³/mol.